The first kappa shape index (κ1) is 12.0. The van der Waals surface area contributed by atoms with Crippen LogP contribution in [-0.4, -0.2) is 5.21 Å². The first-order chi connectivity index (χ1) is 5.70. The average Bonchev–Trinajstić information content (AvgIpc) is 2.06. The van der Waals surface area contributed by atoms with Crippen molar-refractivity contribution < 1.29 is 34.8 Å². The minimum atomic E-state index is -0.958. The zero-order chi connectivity index (χ0) is 9.14. The Bertz CT molecular complexity index is 501. The Morgan fingerprint density at radius 3 is 2.38 bits per heavy atom. The van der Waals surface area contributed by atoms with Gasteiger partial charge in [-0.15, -0.1) is 0 Å². The second-order valence-corrected chi connectivity index (χ2v) is 1.95. The van der Waals surface area contributed by atoms with Crippen LogP contribution in [0.5, 0.6) is 0 Å². The quantitative estimate of drug-likeness (QED) is 0.251. The van der Waals surface area contributed by atoms with Crippen LogP contribution in [0.4, 0.5) is 0 Å². The van der Waals surface area contributed by atoms with Crippen LogP contribution in [0.25, 0.3) is 0 Å². The molecule has 0 spiro atoms. The topological polar surface area (TPSA) is 102 Å². The van der Waals surface area contributed by atoms with E-state index in [0.717, 1.165) is 12.1 Å². The normalized spacial score (nSPS) is 12.6. The molecule has 1 aromatic rings. The minimum Gasteiger partial charge on any atom is -0.791 e. The summed E-state index contributed by atoms with van der Waals surface area (Å²) in [6.07, 6.45) is 0. The molecule has 0 aliphatic heterocycles. The van der Waals surface area contributed by atoms with Crippen molar-refractivity contribution in [2.75, 3.05) is 0 Å². The van der Waals surface area contributed by atoms with Gasteiger partial charge in [-0.3, -0.25) is 9.59 Å². The van der Waals surface area contributed by atoms with Crippen molar-refractivity contribution in [1.29, 1.82) is 0 Å². The molecule has 0 amide bonds. The van der Waals surface area contributed by atoms with Crippen LogP contribution in [0.15, 0.2) is 32.0 Å². The third-order valence-corrected chi connectivity index (χ3v) is 1.27. The number of hydrogen-bond donors (Lipinski definition) is 1. The van der Waals surface area contributed by atoms with E-state index in [2.05, 4.69) is 10.3 Å². The van der Waals surface area contributed by atoms with Crippen molar-refractivity contribution >= 4 is 0 Å². The van der Waals surface area contributed by atoms with Gasteiger partial charge in [-0.05, 0) is 12.1 Å². The molecule has 0 radical (unpaired) electrons. The van der Waals surface area contributed by atoms with E-state index < -0.39 is 21.6 Å². The molecule has 7 heteroatoms. The summed E-state index contributed by atoms with van der Waals surface area (Å²) in [7, 11) is 0. The monoisotopic (exact) mass is 190 g/mol. The molecule has 0 fully saturated rings. The summed E-state index contributed by atoms with van der Waals surface area (Å²) < 4.78 is 0. The smallest absolute Gasteiger partial charge is 0.791 e. The van der Waals surface area contributed by atoms with Crippen molar-refractivity contribution in [2.24, 2.45) is 10.3 Å². The second kappa shape index (κ2) is 4.90. The molecule has 0 atom stereocenters. The molecule has 13 heavy (non-hydrogen) atoms. The van der Waals surface area contributed by atoms with Crippen molar-refractivity contribution in [1.82, 2.24) is 0 Å². The first-order valence-corrected chi connectivity index (χ1v) is 2.90. The van der Waals surface area contributed by atoms with Gasteiger partial charge in [-0.2, -0.15) is 0 Å². The van der Waals surface area contributed by atoms with Gasteiger partial charge in [0, 0.05) is 0 Å². The molecular weight excluding hydrogens is 187 g/mol. The van der Waals surface area contributed by atoms with E-state index in [1.54, 1.807) is 0 Å². The summed E-state index contributed by atoms with van der Waals surface area (Å²) in [4.78, 5) is 21.6. The van der Waals surface area contributed by atoms with Gasteiger partial charge in [0.1, 0.15) is 5.36 Å². The minimum absolute atomic E-state index is 0. The fourth-order valence-electron chi connectivity index (χ4n) is 0.709. The zero-order valence-electron chi connectivity index (χ0n) is 6.72. The molecule has 1 aromatic carbocycles. The van der Waals surface area contributed by atoms with Crippen LogP contribution < -0.4 is 51.1 Å². The molecular formula is C6H3N2NaO4. The third kappa shape index (κ3) is 2.24. The Kier molecular flexibility index (Phi) is 4.53. The van der Waals surface area contributed by atoms with Gasteiger partial charge in [0.25, 0.3) is 0 Å². The van der Waals surface area contributed by atoms with Gasteiger partial charge in [-0.1, -0.05) is 5.16 Å². The average molecular weight is 190 g/mol. The Morgan fingerprint density at radius 2 is 1.92 bits per heavy atom. The maximum Gasteiger partial charge on any atom is 1.00 e. The van der Waals surface area contributed by atoms with E-state index in [1.165, 1.54) is 0 Å². The number of nitrogens with zero attached hydrogens (tertiary/aromatic N) is 2. The van der Waals surface area contributed by atoms with Crippen LogP contribution in [0.3, 0.4) is 0 Å². The van der Waals surface area contributed by atoms with Crippen LogP contribution in [0, 0.1) is 5.21 Å². The predicted molar refractivity (Wildman–Crippen MR) is 37.6 cm³/mol. The van der Waals surface area contributed by atoms with Crippen LogP contribution in [-0.2, 0) is 0 Å². The van der Waals surface area contributed by atoms with E-state index in [1.807, 2.05) is 0 Å². The predicted octanol–water partition coefficient (Wildman–Crippen LogP) is -5.02. The first-order valence-electron chi connectivity index (χ1n) is 2.90. The summed E-state index contributed by atoms with van der Waals surface area (Å²) in [6, 6.07) is 1.92. The number of rotatable bonds is 0. The summed E-state index contributed by atoms with van der Waals surface area (Å²) in [5.74, 6) is 0. The molecule has 6 nitrogen and oxygen atoms in total. The Labute approximate surface area is 93.5 Å². The SMILES string of the molecule is O=c1cc/c(=N\[O-])c(=O)/c1=N/O.[Na+]. The summed E-state index contributed by atoms with van der Waals surface area (Å²) in [5, 5.41) is 21.8. The Hall–Kier alpha value is -0.980. The zero-order valence-corrected chi connectivity index (χ0v) is 8.72. The molecule has 0 bridgehead atoms. The fraction of sp³-hybridized carbons (Fsp3) is 0. The second-order valence-electron chi connectivity index (χ2n) is 1.95. The standard InChI is InChI=1S/C6H4N2O4.Na/c9-4-2-1-3(7-11)6(10)5(4)8-12;/h1-2,11-12H;/q;+1/p-1/b7-3+,8-5+;. The molecule has 1 N–H and O–H groups in total. The van der Waals surface area contributed by atoms with E-state index in [4.69, 9.17) is 5.21 Å². The third-order valence-electron chi connectivity index (χ3n) is 1.27. The summed E-state index contributed by atoms with van der Waals surface area (Å²) in [6.45, 7) is 0. The van der Waals surface area contributed by atoms with Crippen LogP contribution >= 0.6 is 0 Å². The number of benzene rings is 1. The maximum absolute atomic E-state index is 10.9. The van der Waals surface area contributed by atoms with E-state index in [0.29, 0.717) is 0 Å². The summed E-state index contributed by atoms with van der Waals surface area (Å²) >= 11 is 0. The molecule has 0 saturated heterocycles. The molecule has 0 heterocycles. The maximum atomic E-state index is 10.9. The van der Waals surface area contributed by atoms with Crippen molar-refractivity contribution in [3.8, 4) is 0 Å². The Balaban J connectivity index is 0.00000144. The molecule has 62 valence electrons. The summed E-state index contributed by atoms with van der Waals surface area (Å²) in [5.41, 5.74) is -1.70. The molecule has 0 aliphatic rings. The van der Waals surface area contributed by atoms with Crippen LogP contribution in [0.2, 0.25) is 0 Å². The van der Waals surface area contributed by atoms with Gasteiger partial charge < -0.3 is 15.6 Å². The fourth-order valence-corrected chi connectivity index (χ4v) is 0.709. The number of hydrogen-bond acceptors (Lipinski definition) is 6. The molecule has 0 aromatic heterocycles. The van der Waals surface area contributed by atoms with Gasteiger partial charge in [-0.25, -0.2) is 0 Å². The van der Waals surface area contributed by atoms with Crippen molar-refractivity contribution in [2.45, 2.75) is 0 Å². The van der Waals surface area contributed by atoms with Crippen LogP contribution in [0.1, 0.15) is 0 Å². The van der Waals surface area contributed by atoms with E-state index in [9.17, 15) is 14.8 Å². The molecule has 1 rings (SSSR count). The largest absolute Gasteiger partial charge is 1.00 e. The van der Waals surface area contributed by atoms with Crippen molar-refractivity contribution in [3.05, 3.63) is 48.5 Å². The molecule has 0 aliphatic carbocycles. The van der Waals surface area contributed by atoms with E-state index in [-0.39, 0.29) is 29.6 Å². The van der Waals surface area contributed by atoms with Gasteiger partial charge in [0.2, 0.25) is 10.9 Å². The van der Waals surface area contributed by atoms with Gasteiger partial charge in [0.05, 0.1) is 0 Å². The molecule has 0 saturated carbocycles. The molecule has 0 unspecified atom stereocenters. The Morgan fingerprint density at radius 1 is 1.31 bits per heavy atom. The van der Waals surface area contributed by atoms with E-state index >= 15 is 0 Å². The van der Waals surface area contributed by atoms with Gasteiger partial charge in [0.15, 0.2) is 5.36 Å². The van der Waals surface area contributed by atoms with Gasteiger partial charge >= 0.3 is 29.6 Å². The van der Waals surface area contributed by atoms with Crippen molar-refractivity contribution in [3.63, 3.8) is 0 Å².